The van der Waals surface area contributed by atoms with E-state index in [1.165, 1.54) is 0 Å². The fraction of sp³-hybridized carbons (Fsp3) is 0.417. The van der Waals surface area contributed by atoms with Crippen LogP contribution in [-0.2, 0) is 9.63 Å². The maximum atomic E-state index is 12.4. The molecule has 1 aliphatic rings. The monoisotopic (exact) mass is 441 g/mol. The van der Waals surface area contributed by atoms with Crippen molar-refractivity contribution in [3.63, 3.8) is 0 Å². The van der Waals surface area contributed by atoms with E-state index >= 15 is 0 Å². The first-order valence-corrected chi connectivity index (χ1v) is 10.8. The van der Waals surface area contributed by atoms with E-state index in [9.17, 15) is 9.90 Å². The number of anilines is 1. The normalized spacial score (nSPS) is 14.3. The zero-order valence-corrected chi connectivity index (χ0v) is 18.6. The lowest BCUT2D eigenvalue weighted by atomic mass is 9.99. The first-order chi connectivity index (χ1) is 15.5. The van der Waals surface area contributed by atoms with E-state index in [0.29, 0.717) is 56.1 Å². The summed E-state index contributed by atoms with van der Waals surface area (Å²) in [4.78, 5) is 22.1. The number of hydrogen-bond acceptors (Lipinski definition) is 7. The number of hydroxylamine groups is 1. The van der Waals surface area contributed by atoms with Crippen LogP contribution in [0.3, 0.4) is 0 Å². The number of benzene rings is 2. The molecule has 1 amide bonds. The van der Waals surface area contributed by atoms with Crippen molar-refractivity contribution in [3.8, 4) is 11.5 Å². The van der Waals surface area contributed by atoms with Crippen LogP contribution in [0.1, 0.15) is 37.9 Å². The minimum Gasteiger partial charge on any atom is -0.486 e. The molecular weight excluding hydrogens is 410 g/mol. The summed E-state index contributed by atoms with van der Waals surface area (Å²) in [5.41, 5.74) is 2.22. The fourth-order valence-corrected chi connectivity index (χ4v) is 3.53. The first kappa shape index (κ1) is 23.6. The Labute approximate surface area is 188 Å². The van der Waals surface area contributed by atoms with E-state index < -0.39 is 12.1 Å². The molecule has 0 bridgehead atoms. The molecule has 0 saturated carbocycles. The molecule has 2 aromatic carbocycles. The molecule has 0 radical (unpaired) electrons. The van der Waals surface area contributed by atoms with Gasteiger partial charge in [0, 0.05) is 13.5 Å². The third kappa shape index (κ3) is 5.99. The summed E-state index contributed by atoms with van der Waals surface area (Å²) in [6.45, 7) is 6.86. The van der Waals surface area contributed by atoms with E-state index in [1.807, 2.05) is 31.2 Å². The molecule has 2 aromatic rings. The Kier molecular flexibility index (Phi) is 8.47. The SMILES string of the molecule is C=Nc1ccccc1N(C)OCCCC(=O)NC(CC)C(O)c1ccc2c(c1)OCCO2. The molecular formula is C24H31N3O5. The van der Waals surface area contributed by atoms with E-state index in [0.717, 1.165) is 11.4 Å². The van der Waals surface area contributed by atoms with Crippen LogP contribution in [-0.4, -0.2) is 50.6 Å². The van der Waals surface area contributed by atoms with Crippen molar-refractivity contribution in [2.24, 2.45) is 4.99 Å². The van der Waals surface area contributed by atoms with Crippen LogP contribution in [0.4, 0.5) is 11.4 Å². The van der Waals surface area contributed by atoms with Gasteiger partial charge < -0.3 is 19.9 Å². The van der Waals surface area contributed by atoms with Gasteiger partial charge in [-0.05, 0) is 49.4 Å². The van der Waals surface area contributed by atoms with Crippen LogP contribution in [0.5, 0.6) is 11.5 Å². The zero-order chi connectivity index (χ0) is 22.9. The molecule has 0 aliphatic carbocycles. The standard InChI is InChI=1S/C24H31N3O5/c1-4-18(24(29)17-11-12-21-22(16-17)31-15-14-30-21)26-23(28)10-7-13-32-27(3)20-9-6-5-8-19(20)25-2/h5-6,8-9,11-12,16,18,24,29H,2,4,7,10,13-15H2,1,3H3,(H,26,28). The largest absolute Gasteiger partial charge is 0.486 e. The molecule has 8 heteroatoms. The summed E-state index contributed by atoms with van der Waals surface area (Å²) in [7, 11) is 1.79. The molecule has 2 N–H and O–H groups in total. The van der Waals surface area contributed by atoms with Gasteiger partial charge in [0.05, 0.1) is 30.1 Å². The Morgan fingerprint density at radius 2 is 2.00 bits per heavy atom. The number of hydrogen-bond donors (Lipinski definition) is 2. The van der Waals surface area contributed by atoms with Crippen LogP contribution in [0.15, 0.2) is 47.5 Å². The molecule has 0 spiro atoms. The molecule has 1 heterocycles. The molecule has 3 rings (SSSR count). The second-order valence-corrected chi connectivity index (χ2v) is 7.51. The van der Waals surface area contributed by atoms with Crippen molar-refractivity contribution in [2.75, 3.05) is 31.9 Å². The maximum absolute atomic E-state index is 12.4. The smallest absolute Gasteiger partial charge is 0.220 e. The number of nitrogens with one attached hydrogen (secondary N) is 1. The maximum Gasteiger partial charge on any atom is 0.220 e. The number of carbonyl (C=O) groups is 1. The van der Waals surface area contributed by atoms with Gasteiger partial charge in [0.2, 0.25) is 5.91 Å². The number of nitrogens with zero attached hydrogens (tertiary/aromatic N) is 2. The van der Waals surface area contributed by atoms with Crippen molar-refractivity contribution in [3.05, 3.63) is 48.0 Å². The molecule has 8 nitrogen and oxygen atoms in total. The number of carbonyl (C=O) groups excluding carboxylic acids is 1. The summed E-state index contributed by atoms with van der Waals surface area (Å²) >= 11 is 0. The van der Waals surface area contributed by atoms with Gasteiger partial charge in [0.25, 0.3) is 0 Å². The minimum absolute atomic E-state index is 0.132. The number of aliphatic hydroxyl groups excluding tert-OH is 1. The van der Waals surface area contributed by atoms with Gasteiger partial charge in [0.15, 0.2) is 11.5 Å². The minimum atomic E-state index is -0.843. The lowest BCUT2D eigenvalue weighted by molar-refractivity contribution is -0.123. The highest BCUT2D eigenvalue weighted by Crippen LogP contribution is 2.33. The number of rotatable bonds is 11. The van der Waals surface area contributed by atoms with Crippen molar-refractivity contribution in [1.29, 1.82) is 0 Å². The van der Waals surface area contributed by atoms with E-state index in [2.05, 4.69) is 17.0 Å². The summed E-state index contributed by atoms with van der Waals surface area (Å²) < 4.78 is 11.1. The average Bonchev–Trinajstić information content (AvgIpc) is 2.84. The molecule has 0 fully saturated rings. The van der Waals surface area contributed by atoms with Gasteiger partial charge in [0.1, 0.15) is 13.2 Å². The van der Waals surface area contributed by atoms with Gasteiger partial charge >= 0.3 is 0 Å². The predicted octanol–water partition coefficient (Wildman–Crippen LogP) is 3.57. The van der Waals surface area contributed by atoms with Crippen molar-refractivity contribution < 1.29 is 24.2 Å². The summed E-state index contributed by atoms with van der Waals surface area (Å²) in [5.74, 6) is 1.15. The number of para-hydroxylation sites is 2. The highest BCUT2D eigenvalue weighted by atomic mass is 16.7. The van der Waals surface area contributed by atoms with Crippen LogP contribution >= 0.6 is 0 Å². The third-order valence-corrected chi connectivity index (χ3v) is 5.30. The van der Waals surface area contributed by atoms with Crippen LogP contribution in [0.25, 0.3) is 0 Å². The molecule has 172 valence electrons. The van der Waals surface area contributed by atoms with Crippen LogP contribution in [0, 0.1) is 0 Å². The number of amides is 1. The van der Waals surface area contributed by atoms with Gasteiger partial charge in [-0.2, -0.15) is 0 Å². The Morgan fingerprint density at radius 1 is 1.25 bits per heavy atom. The zero-order valence-electron chi connectivity index (χ0n) is 18.6. The Morgan fingerprint density at radius 3 is 2.75 bits per heavy atom. The molecule has 32 heavy (non-hydrogen) atoms. The first-order valence-electron chi connectivity index (χ1n) is 10.8. The summed E-state index contributed by atoms with van der Waals surface area (Å²) in [5, 5.41) is 15.4. The third-order valence-electron chi connectivity index (χ3n) is 5.30. The topological polar surface area (TPSA) is 92.6 Å². The summed E-state index contributed by atoms with van der Waals surface area (Å²) in [6, 6.07) is 12.5. The molecule has 2 atom stereocenters. The van der Waals surface area contributed by atoms with Crippen molar-refractivity contribution in [2.45, 2.75) is 38.3 Å². The Hall–Kier alpha value is -3.10. The lowest BCUT2D eigenvalue weighted by Gasteiger charge is -2.25. The highest BCUT2D eigenvalue weighted by Gasteiger charge is 2.23. The predicted molar refractivity (Wildman–Crippen MR) is 124 cm³/mol. The number of aliphatic imine (C=N–C) groups is 1. The Bertz CT molecular complexity index is 920. The van der Waals surface area contributed by atoms with Gasteiger partial charge in [-0.15, -0.1) is 0 Å². The quantitative estimate of drug-likeness (QED) is 0.315. The van der Waals surface area contributed by atoms with Crippen molar-refractivity contribution in [1.82, 2.24) is 5.32 Å². The number of aliphatic hydroxyl groups is 1. The van der Waals surface area contributed by atoms with Crippen molar-refractivity contribution >= 4 is 24.0 Å². The molecule has 2 unspecified atom stereocenters. The number of fused-ring (bicyclic) bond motifs is 1. The van der Waals surface area contributed by atoms with Crippen LogP contribution in [0.2, 0.25) is 0 Å². The highest BCUT2D eigenvalue weighted by molar-refractivity contribution is 5.76. The second kappa shape index (κ2) is 11.5. The molecule has 1 aliphatic heterocycles. The van der Waals surface area contributed by atoms with E-state index in [1.54, 1.807) is 30.3 Å². The van der Waals surface area contributed by atoms with Crippen LogP contribution < -0.4 is 19.9 Å². The fourth-order valence-electron chi connectivity index (χ4n) is 3.53. The second-order valence-electron chi connectivity index (χ2n) is 7.51. The number of ether oxygens (including phenoxy) is 2. The Balaban J connectivity index is 1.46. The molecule has 0 aromatic heterocycles. The molecule has 0 saturated heterocycles. The van der Waals surface area contributed by atoms with E-state index in [4.69, 9.17) is 14.3 Å². The van der Waals surface area contributed by atoms with Gasteiger partial charge in [-0.3, -0.25) is 19.7 Å². The van der Waals surface area contributed by atoms with E-state index in [-0.39, 0.29) is 5.91 Å². The van der Waals surface area contributed by atoms with Gasteiger partial charge in [-0.1, -0.05) is 25.1 Å². The lowest BCUT2D eigenvalue weighted by Crippen LogP contribution is -2.39. The van der Waals surface area contributed by atoms with Gasteiger partial charge in [-0.25, -0.2) is 0 Å². The summed E-state index contributed by atoms with van der Waals surface area (Å²) in [6.07, 6.45) is 0.576. The average molecular weight is 442 g/mol.